The van der Waals surface area contributed by atoms with Crippen molar-refractivity contribution >= 4 is 50.7 Å². The summed E-state index contributed by atoms with van der Waals surface area (Å²) < 4.78 is 44.1. The highest BCUT2D eigenvalue weighted by Crippen LogP contribution is 2.44. The van der Waals surface area contributed by atoms with Crippen molar-refractivity contribution in [3.8, 4) is 11.1 Å². The maximum absolute atomic E-state index is 13.7. The molecule has 0 unspecified atom stereocenters. The molecule has 35 heavy (non-hydrogen) atoms. The van der Waals surface area contributed by atoms with Gasteiger partial charge in [-0.2, -0.15) is 23.4 Å². The molecule has 0 atom stereocenters. The molecule has 0 bridgehead atoms. The van der Waals surface area contributed by atoms with Crippen LogP contribution < -0.4 is 11.1 Å². The van der Waals surface area contributed by atoms with E-state index in [1.807, 2.05) is 6.92 Å². The molecule has 4 aromatic heterocycles. The summed E-state index contributed by atoms with van der Waals surface area (Å²) in [5.74, 6) is -1.69. The average Bonchev–Trinajstić information content (AvgIpc) is 3.42. The maximum Gasteiger partial charge on any atom is 0.433 e. The molecular weight excluding hydrogens is 507 g/mol. The van der Waals surface area contributed by atoms with Crippen LogP contribution in [0.3, 0.4) is 0 Å². The lowest BCUT2D eigenvalue weighted by atomic mass is 10.0. The van der Waals surface area contributed by atoms with Gasteiger partial charge < -0.3 is 11.1 Å². The summed E-state index contributed by atoms with van der Waals surface area (Å²) in [6, 6.07) is 0.872. The van der Waals surface area contributed by atoms with Gasteiger partial charge in [-0.3, -0.25) is 19.0 Å². The van der Waals surface area contributed by atoms with Crippen LogP contribution in [0, 0.1) is 13.8 Å². The van der Waals surface area contributed by atoms with E-state index in [1.54, 1.807) is 25.6 Å². The zero-order chi connectivity index (χ0) is 25.8. The van der Waals surface area contributed by atoms with Crippen LogP contribution in [0.1, 0.15) is 44.2 Å². The lowest BCUT2D eigenvalue weighted by Gasteiger charge is -2.12. The zero-order valence-electron chi connectivity index (χ0n) is 18.9. The number of halogens is 4. The normalized spacial score (nSPS) is 11.9. The number of hydrogen-bond donors (Lipinski definition) is 2. The number of pyridine rings is 1. The van der Waals surface area contributed by atoms with E-state index >= 15 is 0 Å². The van der Waals surface area contributed by atoms with Gasteiger partial charge in [-0.25, -0.2) is 4.98 Å². The van der Waals surface area contributed by atoms with Crippen LogP contribution in [-0.2, 0) is 19.8 Å². The number of rotatable bonds is 5. The number of nitrogens with one attached hydrogen (secondary N) is 1. The minimum absolute atomic E-state index is 0.0678. The Morgan fingerprint density at radius 2 is 1.91 bits per heavy atom. The summed E-state index contributed by atoms with van der Waals surface area (Å²) in [4.78, 5) is 28.8. The predicted molar refractivity (Wildman–Crippen MR) is 126 cm³/mol. The molecule has 184 valence electrons. The lowest BCUT2D eigenvalue weighted by molar-refractivity contribution is -0.140. The first-order valence-corrected chi connectivity index (χ1v) is 11.4. The van der Waals surface area contributed by atoms with E-state index in [9.17, 15) is 22.8 Å². The number of anilines is 1. The van der Waals surface area contributed by atoms with E-state index in [-0.39, 0.29) is 37.1 Å². The largest absolute Gasteiger partial charge is 0.433 e. The van der Waals surface area contributed by atoms with Gasteiger partial charge in [0.15, 0.2) is 5.69 Å². The molecule has 0 fully saturated rings. The van der Waals surface area contributed by atoms with Crippen molar-refractivity contribution in [1.29, 1.82) is 0 Å². The van der Waals surface area contributed by atoms with Gasteiger partial charge in [-0.1, -0.05) is 11.6 Å². The number of primary amides is 1. The third-order valence-corrected chi connectivity index (χ3v) is 7.13. The van der Waals surface area contributed by atoms with Gasteiger partial charge in [-0.15, -0.1) is 11.3 Å². The fourth-order valence-corrected chi connectivity index (χ4v) is 4.93. The molecule has 0 aliphatic rings. The van der Waals surface area contributed by atoms with Gasteiger partial charge in [-0.05, 0) is 32.4 Å². The Morgan fingerprint density at radius 1 is 1.23 bits per heavy atom. The Hall–Kier alpha value is -3.45. The molecule has 4 heterocycles. The van der Waals surface area contributed by atoms with Crippen LogP contribution in [-0.4, -0.2) is 36.4 Å². The minimum Gasteiger partial charge on any atom is -0.365 e. The van der Waals surface area contributed by atoms with Crippen LogP contribution in [0.5, 0.6) is 0 Å². The number of fused-ring (bicyclic) bond motifs is 1. The number of thiophene rings is 1. The van der Waals surface area contributed by atoms with Crippen molar-refractivity contribution in [3.63, 3.8) is 0 Å². The summed E-state index contributed by atoms with van der Waals surface area (Å²) in [6.45, 7) is 5.70. The van der Waals surface area contributed by atoms with Crippen molar-refractivity contribution in [1.82, 2.24) is 24.5 Å². The molecule has 14 heteroatoms. The van der Waals surface area contributed by atoms with Gasteiger partial charge in [0.25, 0.3) is 11.8 Å². The van der Waals surface area contributed by atoms with Gasteiger partial charge in [0.2, 0.25) is 0 Å². The molecule has 0 aromatic carbocycles. The van der Waals surface area contributed by atoms with Gasteiger partial charge in [0.05, 0.1) is 22.6 Å². The maximum atomic E-state index is 13.7. The average molecular weight is 526 g/mol. The molecular formula is C21H19ClF3N7O2S. The van der Waals surface area contributed by atoms with Crippen LogP contribution >= 0.6 is 22.9 Å². The number of hydrogen-bond acceptors (Lipinski definition) is 6. The van der Waals surface area contributed by atoms with Gasteiger partial charge >= 0.3 is 6.18 Å². The Bertz CT molecular complexity index is 1500. The molecule has 3 N–H and O–H groups in total. The van der Waals surface area contributed by atoms with E-state index in [2.05, 4.69) is 20.5 Å². The van der Waals surface area contributed by atoms with E-state index in [1.165, 1.54) is 10.9 Å². The number of carbonyl (C=O) groups is 2. The Labute approximate surface area is 205 Å². The van der Waals surface area contributed by atoms with Gasteiger partial charge in [0, 0.05) is 30.2 Å². The first-order chi connectivity index (χ1) is 16.3. The van der Waals surface area contributed by atoms with Crippen LogP contribution in [0.2, 0.25) is 5.02 Å². The molecule has 0 spiro atoms. The second-order valence-corrected chi connectivity index (χ2v) is 9.07. The second-order valence-electron chi connectivity index (χ2n) is 7.69. The summed E-state index contributed by atoms with van der Waals surface area (Å²) in [7, 11) is 1.60. The smallest absolute Gasteiger partial charge is 0.365 e. The highest BCUT2D eigenvalue weighted by Gasteiger charge is 2.35. The van der Waals surface area contributed by atoms with E-state index in [4.69, 9.17) is 17.3 Å². The van der Waals surface area contributed by atoms with Crippen LogP contribution in [0.4, 0.5) is 18.9 Å². The quantitative estimate of drug-likeness (QED) is 0.396. The third-order valence-electron chi connectivity index (χ3n) is 5.58. The molecule has 0 aliphatic heterocycles. The zero-order valence-corrected chi connectivity index (χ0v) is 20.5. The number of nitrogens with two attached hydrogens (primary N) is 1. The number of aryl methyl sites for hydroxylation is 2. The molecule has 0 radical (unpaired) electrons. The monoisotopic (exact) mass is 525 g/mol. The molecule has 0 aliphatic carbocycles. The Kier molecular flexibility index (Phi) is 6.09. The topological polar surface area (TPSA) is 121 Å². The molecule has 0 saturated carbocycles. The lowest BCUT2D eigenvalue weighted by Crippen LogP contribution is -2.17. The molecule has 9 nitrogen and oxygen atoms in total. The molecule has 0 saturated heterocycles. The standard InChI is InChI=1S/C21H19ClF3N7O2S/c1-5-32-8(2)11(7-27-32)10-6-12(21(23,24)25)28-20-13(10)15(17(35-20)18(26)33)29-19(34)16-14(22)9(3)31(4)30-16/h6-7H,5H2,1-4H3,(H2,26,33)(H,29,34). The first-order valence-electron chi connectivity index (χ1n) is 10.2. The number of aromatic nitrogens is 5. The van der Waals surface area contributed by atoms with Crippen LogP contribution in [0.25, 0.3) is 21.3 Å². The van der Waals surface area contributed by atoms with Crippen LogP contribution in [0.15, 0.2) is 12.3 Å². The summed E-state index contributed by atoms with van der Waals surface area (Å²) in [5.41, 5.74) is 5.81. The number of alkyl halides is 3. The fourth-order valence-electron chi connectivity index (χ4n) is 3.68. The summed E-state index contributed by atoms with van der Waals surface area (Å²) in [5, 5.41) is 11.1. The number of carbonyl (C=O) groups excluding carboxylic acids is 2. The van der Waals surface area contributed by atoms with Gasteiger partial charge in [0.1, 0.15) is 15.4 Å². The first kappa shape index (κ1) is 24.7. The predicted octanol–water partition coefficient (Wildman–Crippen LogP) is 4.55. The summed E-state index contributed by atoms with van der Waals surface area (Å²) >= 11 is 6.88. The SMILES string of the molecule is CCn1ncc(-c2cc(C(F)(F)F)nc3sc(C(N)=O)c(NC(=O)c4nn(C)c(C)c4Cl)c23)c1C. The van der Waals surface area contributed by atoms with Crippen molar-refractivity contribution in [2.75, 3.05) is 5.32 Å². The number of amides is 2. The van der Waals surface area contributed by atoms with Crippen molar-refractivity contribution in [3.05, 3.63) is 44.9 Å². The highest BCUT2D eigenvalue weighted by molar-refractivity contribution is 7.21. The second kappa shape index (κ2) is 8.64. The van der Waals surface area contributed by atoms with E-state index < -0.39 is 23.7 Å². The summed E-state index contributed by atoms with van der Waals surface area (Å²) in [6.07, 6.45) is -3.32. The fraction of sp³-hybridized carbons (Fsp3) is 0.286. The van der Waals surface area contributed by atoms with Crippen molar-refractivity contribution in [2.24, 2.45) is 12.8 Å². The molecule has 4 aromatic rings. The Morgan fingerprint density at radius 3 is 2.43 bits per heavy atom. The number of nitrogens with zero attached hydrogens (tertiary/aromatic N) is 5. The minimum atomic E-state index is -4.75. The molecule has 2 amide bonds. The van der Waals surface area contributed by atoms with E-state index in [0.29, 0.717) is 34.8 Å². The van der Waals surface area contributed by atoms with Crippen molar-refractivity contribution in [2.45, 2.75) is 33.5 Å². The van der Waals surface area contributed by atoms with E-state index in [0.717, 1.165) is 6.07 Å². The Balaban J connectivity index is 2.01. The highest BCUT2D eigenvalue weighted by atomic mass is 35.5. The third kappa shape index (κ3) is 4.14. The molecule has 4 rings (SSSR count). The van der Waals surface area contributed by atoms with Crippen molar-refractivity contribution < 1.29 is 22.8 Å².